The second kappa shape index (κ2) is 13.8. The summed E-state index contributed by atoms with van der Waals surface area (Å²) in [6.07, 6.45) is 14.5. The fourth-order valence-electron chi connectivity index (χ4n) is 2.61. The Balaban J connectivity index is 3.58. The molecule has 0 spiro atoms. The van der Waals surface area contributed by atoms with Crippen molar-refractivity contribution in [1.82, 2.24) is 0 Å². The summed E-state index contributed by atoms with van der Waals surface area (Å²) in [5, 5.41) is 16.0. The molecule has 0 atom stereocenters. The highest BCUT2D eigenvalue weighted by Crippen LogP contribution is 2.28. The molecule has 0 aromatic heterocycles. The average Bonchev–Trinajstić information content (AvgIpc) is 2.49. The molecule has 0 radical (unpaired) electrons. The molecule has 1 N–H and O–H groups in total. The third kappa shape index (κ3) is 9.70. The molecule has 0 saturated carbocycles. The first-order valence-electron chi connectivity index (χ1n) is 8.40. The van der Waals surface area contributed by atoms with Crippen LogP contribution >= 0.6 is 0 Å². The van der Waals surface area contributed by atoms with E-state index in [0.717, 1.165) is 25.7 Å². The smallest absolute Gasteiger partial charge is 0.106 e. The van der Waals surface area contributed by atoms with Crippen LogP contribution in [0.25, 0.3) is 0 Å². The zero-order chi connectivity index (χ0) is 15.1. The molecule has 0 unspecified atom stereocenters. The van der Waals surface area contributed by atoms with E-state index < -0.39 is 0 Å². The summed E-state index contributed by atoms with van der Waals surface area (Å²) in [6, 6.07) is 0. The highest BCUT2D eigenvalue weighted by atomic mass is 17.6. The van der Waals surface area contributed by atoms with Gasteiger partial charge in [-0.1, -0.05) is 78.6 Å². The van der Waals surface area contributed by atoms with Crippen molar-refractivity contribution < 1.29 is 20.2 Å². The Hall–Kier alpha value is -0.160. The van der Waals surface area contributed by atoms with Crippen LogP contribution in [0.2, 0.25) is 0 Å². The minimum Gasteiger partial charge on any atom is -0.219 e. The molecule has 4 nitrogen and oxygen atoms in total. The van der Waals surface area contributed by atoms with Gasteiger partial charge in [0.25, 0.3) is 0 Å². The van der Waals surface area contributed by atoms with E-state index >= 15 is 0 Å². The molecule has 0 bridgehead atoms. The zero-order valence-corrected chi connectivity index (χ0v) is 13.7. The van der Waals surface area contributed by atoms with Crippen molar-refractivity contribution in [1.29, 1.82) is 0 Å². The van der Waals surface area contributed by atoms with Crippen molar-refractivity contribution in [3.05, 3.63) is 0 Å². The lowest BCUT2D eigenvalue weighted by Gasteiger charge is -2.28. The zero-order valence-electron chi connectivity index (χ0n) is 13.7. The molecular weight excluding hydrogens is 256 g/mol. The highest BCUT2D eigenvalue weighted by Gasteiger charge is 2.28. The standard InChI is InChI=1S/C16H34O4/c1-4-7-8-9-10-11-12-13-14-15-16(5-2,6-3)18-20-19-17/h17H,4-15H2,1-3H3. The fraction of sp³-hybridized carbons (Fsp3) is 1.00. The van der Waals surface area contributed by atoms with Gasteiger partial charge in [-0.25, -0.2) is 5.26 Å². The molecule has 0 aliphatic rings. The predicted molar refractivity (Wildman–Crippen MR) is 81.0 cm³/mol. The maximum Gasteiger partial charge on any atom is 0.106 e. The van der Waals surface area contributed by atoms with Crippen LogP contribution in [0.5, 0.6) is 0 Å². The van der Waals surface area contributed by atoms with Gasteiger partial charge < -0.3 is 0 Å². The summed E-state index contributed by atoms with van der Waals surface area (Å²) in [5.41, 5.74) is -0.330. The van der Waals surface area contributed by atoms with Crippen molar-refractivity contribution in [3.8, 4) is 0 Å². The first kappa shape index (κ1) is 19.8. The van der Waals surface area contributed by atoms with Gasteiger partial charge in [-0.15, -0.1) is 0 Å². The molecule has 20 heavy (non-hydrogen) atoms. The van der Waals surface area contributed by atoms with E-state index in [9.17, 15) is 0 Å². The number of hydrogen-bond acceptors (Lipinski definition) is 4. The van der Waals surface area contributed by atoms with E-state index in [1.165, 1.54) is 51.4 Å². The van der Waals surface area contributed by atoms with Crippen LogP contribution in [0.3, 0.4) is 0 Å². The minimum atomic E-state index is -0.330. The number of hydrogen-bond donors (Lipinski definition) is 1. The second-order valence-electron chi connectivity index (χ2n) is 5.69. The number of rotatable bonds is 15. The molecule has 122 valence electrons. The van der Waals surface area contributed by atoms with E-state index in [2.05, 4.69) is 30.8 Å². The van der Waals surface area contributed by atoms with Gasteiger partial charge in [0.2, 0.25) is 0 Å². The third-order valence-corrected chi connectivity index (χ3v) is 4.27. The summed E-state index contributed by atoms with van der Waals surface area (Å²) in [5.74, 6) is 0. The van der Waals surface area contributed by atoms with E-state index in [0.29, 0.717) is 0 Å². The van der Waals surface area contributed by atoms with Crippen molar-refractivity contribution in [2.45, 2.75) is 103 Å². The van der Waals surface area contributed by atoms with Gasteiger partial charge in [-0.05, 0) is 29.3 Å². The SMILES string of the molecule is CCCCCCCCCCCC(CC)(CC)OOOO. The van der Waals surface area contributed by atoms with Gasteiger partial charge in [0.15, 0.2) is 0 Å². The van der Waals surface area contributed by atoms with Crippen LogP contribution in [0, 0.1) is 0 Å². The van der Waals surface area contributed by atoms with Crippen LogP contribution < -0.4 is 0 Å². The van der Waals surface area contributed by atoms with Gasteiger partial charge >= 0.3 is 0 Å². The summed E-state index contributed by atoms with van der Waals surface area (Å²) in [4.78, 5) is 5.18. The molecule has 4 heteroatoms. The Morgan fingerprint density at radius 1 is 0.750 bits per heavy atom. The average molecular weight is 290 g/mol. The normalized spacial score (nSPS) is 12.0. The van der Waals surface area contributed by atoms with E-state index in [4.69, 9.17) is 10.1 Å². The van der Waals surface area contributed by atoms with Gasteiger partial charge in [-0.2, -0.15) is 4.89 Å². The number of unbranched alkanes of at least 4 members (excludes halogenated alkanes) is 8. The van der Waals surface area contributed by atoms with Crippen LogP contribution in [-0.4, -0.2) is 10.9 Å². The van der Waals surface area contributed by atoms with Gasteiger partial charge in [0, 0.05) is 0 Å². The van der Waals surface area contributed by atoms with E-state index in [1.54, 1.807) is 0 Å². The van der Waals surface area contributed by atoms with Gasteiger partial charge in [0.1, 0.15) is 5.60 Å². The Bertz CT molecular complexity index is 193. The maximum atomic E-state index is 8.20. The largest absolute Gasteiger partial charge is 0.219 e. The third-order valence-electron chi connectivity index (χ3n) is 4.27. The molecule has 0 aliphatic carbocycles. The fourth-order valence-corrected chi connectivity index (χ4v) is 2.61. The van der Waals surface area contributed by atoms with Crippen LogP contribution in [0.15, 0.2) is 0 Å². The van der Waals surface area contributed by atoms with Crippen molar-refractivity contribution in [2.24, 2.45) is 0 Å². The van der Waals surface area contributed by atoms with Gasteiger partial charge in [0.05, 0.1) is 0 Å². The predicted octanol–water partition coefficient (Wildman–Crippen LogP) is 5.82. The lowest BCUT2D eigenvalue weighted by molar-refractivity contribution is -0.642. The Kier molecular flexibility index (Phi) is 13.7. The molecule has 0 rings (SSSR count). The molecule has 0 aromatic carbocycles. The Morgan fingerprint density at radius 3 is 1.70 bits per heavy atom. The molecular formula is C16H34O4. The van der Waals surface area contributed by atoms with E-state index in [1.807, 2.05) is 0 Å². The minimum absolute atomic E-state index is 0.330. The molecule has 0 aliphatic heterocycles. The summed E-state index contributed by atoms with van der Waals surface area (Å²) >= 11 is 0. The van der Waals surface area contributed by atoms with Crippen LogP contribution in [0.1, 0.15) is 97.8 Å². The first-order chi connectivity index (χ1) is 9.74. The summed E-state index contributed by atoms with van der Waals surface area (Å²) in [6.45, 7) is 6.39. The lowest BCUT2D eigenvalue weighted by Crippen LogP contribution is -2.31. The topological polar surface area (TPSA) is 47.9 Å². The quantitative estimate of drug-likeness (QED) is 0.234. The summed E-state index contributed by atoms with van der Waals surface area (Å²) < 4.78 is 0. The van der Waals surface area contributed by atoms with Crippen LogP contribution in [0.4, 0.5) is 0 Å². The van der Waals surface area contributed by atoms with E-state index in [-0.39, 0.29) is 5.60 Å². The van der Waals surface area contributed by atoms with Crippen LogP contribution in [-0.2, 0) is 15.0 Å². The molecule has 0 fully saturated rings. The Labute approximate surface area is 124 Å². The first-order valence-corrected chi connectivity index (χ1v) is 8.40. The molecule has 0 saturated heterocycles. The molecule has 0 heterocycles. The molecule has 0 aromatic rings. The summed E-state index contributed by atoms with van der Waals surface area (Å²) in [7, 11) is 0. The van der Waals surface area contributed by atoms with Crippen molar-refractivity contribution in [2.75, 3.05) is 0 Å². The maximum absolute atomic E-state index is 8.20. The van der Waals surface area contributed by atoms with Crippen molar-refractivity contribution in [3.63, 3.8) is 0 Å². The Morgan fingerprint density at radius 2 is 1.25 bits per heavy atom. The van der Waals surface area contributed by atoms with Crippen molar-refractivity contribution >= 4 is 0 Å². The highest BCUT2D eigenvalue weighted by molar-refractivity contribution is 4.76. The van der Waals surface area contributed by atoms with Gasteiger partial charge in [-0.3, -0.25) is 0 Å². The lowest BCUT2D eigenvalue weighted by atomic mass is 9.90. The second-order valence-corrected chi connectivity index (χ2v) is 5.69. The monoisotopic (exact) mass is 290 g/mol. The molecule has 0 amide bonds.